The first-order valence-corrected chi connectivity index (χ1v) is 5.30. The molecule has 0 spiro atoms. The number of rotatable bonds is 4. The molecule has 0 aliphatic rings. The van der Waals surface area contributed by atoms with Gasteiger partial charge in [-0.2, -0.15) is 0 Å². The zero-order valence-electron chi connectivity index (χ0n) is 10.5. The second-order valence-electron chi connectivity index (χ2n) is 3.85. The summed E-state index contributed by atoms with van der Waals surface area (Å²) in [4.78, 5) is 22.2. The summed E-state index contributed by atoms with van der Waals surface area (Å²) in [6.45, 7) is 3.51. The highest BCUT2D eigenvalue weighted by atomic mass is 19.2. The molecule has 114 valence electrons. The number of hydrogen-bond donors (Lipinski definition) is 1. The quantitative estimate of drug-likeness (QED) is 0.305. The number of esters is 1. The smallest absolute Gasteiger partial charge is 0.333 e. The number of carbonyl (C=O) groups is 2. The Hall–Kier alpha value is -2.45. The van der Waals surface area contributed by atoms with Crippen molar-refractivity contribution in [1.29, 1.82) is 0 Å². The van der Waals surface area contributed by atoms with E-state index in [4.69, 9.17) is 0 Å². The van der Waals surface area contributed by atoms with Gasteiger partial charge in [0.1, 0.15) is 5.69 Å². The summed E-state index contributed by atoms with van der Waals surface area (Å²) >= 11 is 0. The Morgan fingerprint density at radius 1 is 1.00 bits per heavy atom. The molecule has 0 aliphatic carbocycles. The van der Waals surface area contributed by atoms with Crippen LogP contribution in [0.15, 0.2) is 12.2 Å². The third kappa shape index (κ3) is 3.56. The summed E-state index contributed by atoms with van der Waals surface area (Å²) in [6, 6.07) is 0. The number of benzene rings is 1. The SMILES string of the molecule is C=C(C)C(=O)OCC(=O)Nc1c(F)c(F)c(F)c(F)c1F. The normalized spacial score (nSPS) is 10.2. The molecule has 0 unspecified atom stereocenters. The maximum atomic E-state index is 13.2. The van der Waals surface area contributed by atoms with E-state index in [1.807, 2.05) is 0 Å². The molecule has 0 heterocycles. The largest absolute Gasteiger partial charge is 0.452 e. The van der Waals surface area contributed by atoms with Crippen molar-refractivity contribution in [2.24, 2.45) is 0 Å². The number of nitrogens with one attached hydrogen (secondary N) is 1. The van der Waals surface area contributed by atoms with Crippen molar-refractivity contribution < 1.29 is 36.3 Å². The Kier molecular flexibility index (Phi) is 5.01. The Bertz CT molecular complexity index is 601. The fraction of sp³-hybridized carbons (Fsp3) is 0.167. The van der Waals surface area contributed by atoms with Crippen LogP contribution in [0.3, 0.4) is 0 Å². The van der Waals surface area contributed by atoms with Crippen LogP contribution >= 0.6 is 0 Å². The van der Waals surface area contributed by atoms with Crippen LogP contribution < -0.4 is 5.32 Å². The topological polar surface area (TPSA) is 55.4 Å². The molecule has 4 nitrogen and oxygen atoms in total. The fourth-order valence-electron chi connectivity index (χ4n) is 1.14. The molecule has 1 aromatic carbocycles. The van der Waals surface area contributed by atoms with Crippen molar-refractivity contribution in [3.05, 3.63) is 41.2 Å². The standard InChI is InChI=1S/C12H8F5NO3/c1-4(2)12(20)21-3-5(19)18-11-9(16)7(14)6(13)8(15)10(11)17/h1,3H2,2H3,(H,18,19). The molecule has 0 aromatic heterocycles. The van der Waals surface area contributed by atoms with E-state index in [1.54, 1.807) is 0 Å². The van der Waals surface area contributed by atoms with E-state index in [1.165, 1.54) is 12.2 Å². The summed E-state index contributed by atoms with van der Waals surface area (Å²) in [6.07, 6.45) is 0. The van der Waals surface area contributed by atoms with E-state index in [2.05, 4.69) is 11.3 Å². The maximum absolute atomic E-state index is 13.2. The van der Waals surface area contributed by atoms with Gasteiger partial charge in [-0.15, -0.1) is 0 Å². The first-order chi connectivity index (χ1) is 9.66. The highest BCUT2D eigenvalue weighted by Gasteiger charge is 2.26. The Morgan fingerprint density at radius 3 is 1.86 bits per heavy atom. The molecule has 0 radical (unpaired) electrons. The molecule has 1 amide bonds. The lowest BCUT2D eigenvalue weighted by Gasteiger charge is -2.10. The van der Waals surface area contributed by atoms with Gasteiger partial charge >= 0.3 is 5.97 Å². The van der Waals surface area contributed by atoms with Crippen LogP contribution in [0.1, 0.15) is 6.92 Å². The van der Waals surface area contributed by atoms with Gasteiger partial charge in [0.05, 0.1) is 0 Å². The molecule has 0 atom stereocenters. The number of hydrogen-bond acceptors (Lipinski definition) is 3. The van der Waals surface area contributed by atoms with Crippen molar-refractivity contribution in [3.63, 3.8) is 0 Å². The van der Waals surface area contributed by atoms with Gasteiger partial charge in [-0.25, -0.2) is 26.7 Å². The minimum Gasteiger partial charge on any atom is -0.452 e. The maximum Gasteiger partial charge on any atom is 0.333 e. The van der Waals surface area contributed by atoms with Crippen LogP contribution in [0.2, 0.25) is 0 Å². The van der Waals surface area contributed by atoms with E-state index < -0.39 is 53.3 Å². The van der Waals surface area contributed by atoms with Crippen LogP contribution in [0.4, 0.5) is 27.6 Å². The van der Waals surface area contributed by atoms with Crippen molar-refractivity contribution >= 4 is 17.6 Å². The summed E-state index contributed by atoms with van der Waals surface area (Å²) in [7, 11) is 0. The molecule has 0 saturated heterocycles. The molecule has 1 aromatic rings. The third-order valence-electron chi connectivity index (χ3n) is 2.16. The Balaban J connectivity index is 2.91. The molecule has 0 aliphatic heterocycles. The number of amides is 1. The average Bonchev–Trinajstić information content (AvgIpc) is 2.44. The zero-order chi connectivity index (χ0) is 16.3. The minimum atomic E-state index is -2.35. The minimum absolute atomic E-state index is 0.0426. The van der Waals surface area contributed by atoms with Crippen LogP contribution in [-0.2, 0) is 14.3 Å². The highest BCUT2D eigenvalue weighted by Crippen LogP contribution is 2.26. The predicted molar refractivity (Wildman–Crippen MR) is 60.6 cm³/mol. The molecule has 0 fully saturated rings. The van der Waals surface area contributed by atoms with Crippen LogP contribution in [0.25, 0.3) is 0 Å². The van der Waals surface area contributed by atoms with Gasteiger partial charge in [0.25, 0.3) is 5.91 Å². The first-order valence-electron chi connectivity index (χ1n) is 5.30. The first kappa shape index (κ1) is 16.6. The molecule has 1 rings (SSSR count). The molecule has 0 saturated carbocycles. The number of ether oxygens (including phenoxy) is 1. The number of halogens is 5. The monoisotopic (exact) mass is 309 g/mol. The Labute approximate surface area is 115 Å². The number of anilines is 1. The number of carbonyl (C=O) groups excluding carboxylic acids is 2. The molecule has 1 N–H and O–H groups in total. The second-order valence-corrected chi connectivity index (χ2v) is 3.85. The van der Waals surface area contributed by atoms with E-state index in [-0.39, 0.29) is 5.57 Å². The zero-order valence-corrected chi connectivity index (χ0v) is 10.5. The van der Waals surface area contributed by atoms with Crippen molar-refractivity contribution in [1.82, 2.24) is 0 Å². The molecule has 9 heteroatoms. The van der Waals surface area contributed by atoms with Crippen molar-refractivity contribution in [3.8, 4) is 0 Å². The van der Waals surface area contributed by atoms with E-state index in [0.29, 0.717) is 0 Å². The van der Waals surface area contributed by atoms with Crippen LogP contribution in [0.5, 0.6) is 0 Å². The van der Waals surface area contributed by atoms with Gasteiger partial charge in [-0.1, -0.05) is 6.58 Å². The van der Waals surface area contributed by atoms with Gasteiger partial charge < -0.3 is 10.1 Å². The van der Waals surface area contributed by atoms with Gasteiger partial charge in [0.15, 0.2) is 29.9 Å². The van der Waals surface area contributed by atoms with Crippen LogP contribution in [-0.4, -0.2) is 18.5 Å². The second kappa shape index (κ2) is 6.33. The summed E-state index contributed by atoms with van der Waals surface area (Å²) < 4.78 is 69.3. The van der Waals surface area contributed by atoms with E-state index >= 15 is 0 Å². The lowest BCUT2D eigenvalue weighted by Crippen LogP contribution is -2.23. The average molecular weight is 309 g/mol. The van der Waals surface area contributed by atoms with Gasteiger partial charge in [-0.05, 0) is 6.92 Å². The third-order valence-corrected chi connectivity index (χ3v) is 2.16. The molecular weight excluding hydrogens is 301 g/mol. The lowest BCUT2D eigenvalue weighted by molar-refractivity contribution is -0.143. The molecule has 21 heavy (non-hydrogen) atoms. The van der Waals surface area contributed by atoms with E-state index in [9.17, 15) is 31.5 Å². The fourth-order valence-corrected chi connectivity index (χ4v) is 1.14. The van der Waals surface area contributed by atoms with Crippen molar-refractivity contribution in [2.75, 3.05) is 11.9 Å². The lowest BCUT2D eigenvalue weighted by atomic mass is 10.2. The van der Waals surface area contributed by atoms with Gasteiger partial charge in [0, 0.05) is 5.57 Å². The molecular formula is C12H8F5NO3. The predicted octanol–water partition coefficient (Wildman–Crippen LogP) is 2.44. The Morgan fingerprint density at radius 2 is 1.43 bits per heavy atom. The molecule has 0 bridgehead atoms. The summed E-state index contributed by atoms with van der Waals surface area (Å²) in [5, 5.41) is 1.44. The summed E-state index contributed by atoms with van der Waals surface area (Å²) in [5.74, 6) is -13.4. The summed E-state index contributed by atoms with van der Waals surface area (Å²) in [5.41, 5.74) is -1.57. The van der Waals surface area contributed by atoms with Crippen LogP contribution in [0, 0.1) is 29.1 Å². The van der Waals surface area contributed by atoms with E-state index in [0.717, 1.165) is 0 Å². The van der Waals surface area contributed by atoms with Crippen molar-refractivity contribution in [2.45, 2.75) is 6.92 Å². The highest BCUT2D eigenvalue weighted by molar-refractivity contribution is 5.94. The van der Waals surface area contributed by atoms with Gasteiger partial charge in [0.2, 0.25) is 5.82 Å². The van der Waals surface area contributed by atoms with Gasteiger partial charge in [-0.3, -0.25) is 4.79 Å².